The van der Waals surface area contributed by atoms with Crippen molar-refractivity contribution in [1.82, 2.24) is 4.90 Å². The third kappa shape index (κ3) is 3.27. The van der Waals surface area contributed by atoms with E-state index in [4.69, 9.17) is 5.73 Å². The Balaban J connectivity index is 1.95. The molecule has 2 rings (SSSR count). The minimum absolute atomic E-state index is 0.364. The van der Waals surface area contributed by atoms with E-state index in [1.165, 1.54) is 45.2 Å². The fourth-order valence-corrected chi connectivity index (χ4v) is 4.25. The summed E-state index contributed by atoms with van der Waals surface area (Å²) in [5, 5.41) is 0. The van der Waals surface area contributed by atoms with Gasteiger partial charge in [-0.05, 0) is 62.8 Å². The molecule has 1 saturated heterocycles. The van der Waals surface area contributed by atoms with Crippen molar-refractivity contribution in [3.8, 4) is 0 Å². The summed E-state index contributed by atoms with van der Waals surface area (Å²) in [6.45, 7) is 12.1. The lowest BCUT2D eigenvalue weighted by Crippen LogP contribution is -2.51. The second-order valence-corrected chi connectivity index (χ2v) is 7.71. The summed E-state index contributed by atoms with van der Waals surface area (Å²) in [5.41, 5.74) is 6.67. The summed E-state index contributed by atoms with van der Waals surface area (Å²) >= 11 is 0. The van der Waals surface area contributed by atoms with Gasteiger partial charge >= 0.3 is 0 Å². The molecule has 1 aliphatic carbocycles. The number of likely N-dealkylation sites (tertiary alicyclic amines) is 1. The molecule has 1 heterocycles. The molecule has 2 aliphatic rings. The molecule has 106 valence electrons. The zero-order chi connectivity index (χ0) is 13.3. The maximum Gasteiger partial charge on any atom is 0.0121 e. The van der Waals surface area contributed by atoms with Gasteiger partial charge in [-0.2, -0.15) is 0 Å². The van der Waals surface area contributed by atoms with E-state index in [1.54, 1.807) is 0 Å². The van der Waals surface area contributed by atoms with E-state index in [9.17, 15) is 0 Å². The Labute approximate surface area is 113 Å². The van der Waals surface area contributed by atoms with Crippen LogP contribution < -0.4 is 5.73 Å². The summed E-state index contributed by atoms with van der Waals surface area (Å²) in [5.74, 6) is 1.57. The molecule has 0 aromatic rings. The van der Waals surface area contributed by atoms with Crippen LogP contribution in [0.25, 0.3) is 0 Å². The third-order valence-corrected chi connectivity index (χ3v) is 5.35. The van der Waals surface area contributed by atoms with E-state index in [1.807, 2.05) is 0 Å². The highest BCUT2D eigenvalue weighted by Gasteiger charge is 2.37. The number of nitrogens with zero attached hydrogens (tertiary/aromatic N) is 1. The average molecular weight is 252 g/mol. The van der Waals surface area contributed by atoms with Gasteiger partial charge in [-0.1, -0.05) is 20.8 Å². The Morgan fingerprint density at radius 1 is 1.28 bits per heavy atom. The van der Waals surface area contributed by atoms with Crippen LogP contribution in [0.2, 0.25) is 0 Å². The van der Waals surface area contributed by atoms with Gasteiger partial charge in [-0.15, -0.1) is 0 Å². The van der Waals surface area contributed by atoms with Crippen LogP contribution >= 0.6 is 0 Å². The first-order valence-electron chi connectivity index (χ1n) is 7.89. The summed E-state index contributed by atoms with van der Waals surface area (Å²) in [6, 6.07) is 1.18. The highest BCUT2D eigenvalue weighted by molar-refractivity contribution is 4.91. The molecule has 4 unspecified atom stereocenters. The standard InChI is InChI=1S/C16H32N2/c1-12-10-16(3,4)8-7-15(12)18-9-5-6-14(11-18)13(2)17/h12-15H,5-11,17H2,1-4H3. The van der Waals surface area contributed by atoms with Crippen LogP contribution in [0.4, 0.5) is 0 Å². The van der Waals surface area contributed by atoms with Crippen LogP contribution in [0.3, 0.4) is 0 Å². The lowest BCUT2D eigenvalue weighted by Gasteiger charge is -2.47. The number of nitrogens with two attached hydrogens (primary N) is 1. The average Bonchev–Trinajstić information content (AvgIpc) is 2.28. The van der Waals surface area contributed by atoms with Gasteiger partial charge in [0.1, 0.15) is 0 Å². The van der Waals surface area contributed by atoms with Crippen molar-refractivity contribution >= 4 is 0 Å². The molecule has 1 aliphatic heterocycles. The molecular formula is C16H32N2. The lowest BCUT2D eigenvalue weighted by molar-refractivity contribution is 0.0294. The predicted molar refractivity (Wildman–Crippen MR) is 78.5 cm³/mol. The van der Waals surface area contributed by atoms with E-state index in [2.05, 4.69) is 32.6 Å². The SMILES string of the molecule is CC(N)C1CCCN(C2CCC(C)(C)CC2C)C1. The van der Waals surface area contributed by atoms with Crippen molar-refractivity contribution in [2.24, 2.45) is 23.0 Å². The maximum absolute atomic E-state index is 6.11. The molecule has 2 nitrogen and oxygen atoms in total. The van der Waals surface area contributed by atoms with Gasteiger partial charge in [0.2, 0.25) is 0 Å². The molecular weight excluding hydrogens is 220 g/mol. The highest BCUT2D eigenvalue weighted by atomic mass is 15.2. The van der Waals surface area contributed by atoms with Crippen LogP contribution in [-0.4, -0.2) is 30.1 Å². The fraction of sp³-hybridized carbons (Fsp3) is 1.00. The predicted octanol–water partition coefficient (Wildman–Crippen LogP) is 3.26. The molecule has 0 radical (unpaired) electrons. The molecule has 4 atom stereocenters. The lowest BCUT2D eigenvalue weighted by atomic mass is 9.69. The molecule has 0 amide bonds. The first kappa shape index (κ1) is 14.3. The van der Waals surface area contributed by atoms with Gasteiger partial charge in [0.05, 0.1) is 0 Å². The number of hydrogen-bond acceptors (Lipinski definition) is 2. The third-order valence-electron chi connectivity index (χ3n) is 5.35. The topological polar surface area (TPSA) is 29.3 Å². The van der Waals surface area contributed by atoms with Crippen molar-refractivity contribution in [1.29, 1.82) is 0 Å². The van der Waals surface area contributed by atoms with Gasteiger partial charge in [-0.3, -0.25) is 4.90 Å². The number of piperidine rings is 1. The van der Waals surface area contributed by atoms with E-state index in [0.717, 1.165) is 17.9 Å². The minimum Gasteiger partial charge on any atom is -0.328 e. The second-order valence-electron chi connectivity index (χ2n) is 7.71. The molecule has 18 heavy (non-hydrogen) atoms. The van der Waals surface area contributed by atoms with Crippen LogP contribution in [-0.2, 0) is 0 Å². The molecule has 0 bridgehead atoms. The largest absolute Gasteiger partial charge is 0.328 e. The van der Waals surface area contributed by atoms with Crippen LogP contribution in [0, 0.1) is 17.3 Å². The fourth-order valence-electron chi connectivity index (χ4n) is 4.25. The molecule has 0 aromatic carbocycles. The zero-order valence-electron chi connectivity index (χ0n) is 12.8. The Bertz CT molecular complexity index is 272. The normalized spacial score (nSPS) is 39.5. The van der Waals surface area contributed by atoms with E-state index < -0.39 is 0 Å². The molecule has 2 heteroatoms. The molecule has 0 aromatic heterocycles. The van der Waals surface area contributed by atoms with Crippen molar-refractivity contribution in [2.75, 3.05) is 13.1 Å². The van der Waals surface area contributed by atoms with E-state index >= 15 is 0 Å². The molecule has 0 spiro atoms. The van der Waals surface area contributed by atoms with Crippen LogP contribution in [0.1, 0.15) is 59.8 Å². The summed E-state index contributed by atoms with van der Waals surface area (Å²) in [4.78, 5) is 2.76. The van der Waals surface area contributed by atoms with Crippen LogP contribution in [0.15, 0.2) is 0 Å². The second kappa shape index (κ2) is 5.50. The van der Waals surface area contributed by atoms with Crippen molar-refractivity contribution in [2.45, 2.75) is 71.9 Å². The number of rotatable bonds is 2. The molecule has 1 saturated carbocycles. The summed E-state index contributed by atoms with van der Waals surface area (Å²) < 4.78 is 0. The maximum atomic E-state index is 6.11. The van der Waals surface area contributed by atoms with Gasteiger partial charge < -0.3 is 5.73 Å². The van der Waals surface area contributed by atoms with Gasteiger partial charge in [-0.25, -0.2) is 0 Å². The Morgan fingerprint density at radius 2 is 2.00 bits per heavy atom. The van der Waals surface area contributed by atoms with Crippen LogP contribution in [0.5, 0.6) is 0 Å². The smallest absolute Gasteiger partial charge is 0.0121 e. The Kier molecular flexibility index (Phi) is 4.38. The first-order valence-corrected chi connectivity index (χ1v) is 7.89. The Hall–Kier alpha value is -0.0800. The zero-order valence-corrected chi connectivity index (χ0v) is 12.8. The van der Waals surface area contributed by atoms with Gasteiger partial charge in [0.15, 0.2) is 0 Å². The van der Waals surface area contributed by atoms with Gasteiger partial charge in [0.25, 0.3) is 0 Å². The molecule has 2 N–H and O–H groups in total. The summed E-state index contributed by atoms with van der Waals surface area (Å²) in [7, 11) is 0. The van der Waals surface area contributed by atoms with Crippen molar-refractivity contribution < 1.29 is 0 Å². The van der Waals surface area contributed by atoms with E-state index in [-0.39, 0.29) is 0 Å². The molecule has 2 fully saturated rings. The van der Waals surface area contributed by atoms with Crippen molar-refractivity contribution in [3.05, 3.63) is 0 Å². The van der Waals surface area contributed by atoms with Crippen molar-refractivity contribution in [3.63, 3.8) is 0 Å². The van der Waals surface area contributed by atoms with Gasteiger partial charge in [0, 0.05) is 18.6 Å². The van der Waals surface area contributed by atoms with E-state index in [0.29, 0.717) is 11.5 Å². The number of hydrogen-bond donors (Lipinski definition) is 1. The Morgan fingerprint density at radius 3 is 2.61 bits per heavy atom. The first-order chi connectivity index (χ1) is 8.39. The quantitative estimate of drug-likeness (QED) is 0.817. The summed E-state index contributed by atoms with van der Waals surface area (Å²) in [6.07, 6.45) is 6.85. The highest BCUT2D eigenvalue weighted by Crippen LogP contribution is 2.41. The monoisotopic (exact) mass is 252 g/mol. The minimum atomic E-state index is 0.364.